The van der Waals surface area contributed by atoms with Crippen LogP contribution in [0.2, 0.25) is 0 Å². The topological polar surface area (TPSA) is 90.2 Å². The smallest absolute Gasteiger partial charge is 0.407 e. The fourth-order valence-electron chi connectivity index (χ4n) is 3.20. The Hall–Kier alpha value is -1.79. The molecule has 0 bridgehead atoms. The summed E-state index contributed by atoms with van der Waals surface area (Å²) in [5.41, 5.74) is -1.40. The van der Waals surface area contributed by atoms with E-state index in [-0.39, 0.29) is 19.0 Å². The molecule has 4 atom stereocenters. The Morgan fingerprint density at radius 1 is 1.35 bits per heavy atom. The molecule has 3 N–H and O–H groups in total. The Balaban J connectivity index is 1.73. The van der Waals surface area contributed by atoms with Gasteiger partial charge in [0.25, 0.3) is 0 Å². The maximum atomic E-state index is 11.0. The molecule has 1 aliphatic carbocycles. The van der Waals surface area contributed by atoms with Gasteiger partial charge < -0.3 is 25.0 Å². The monoisotopic (exact) mass is 279 g/mol. The lowest BCUT2D eigenvalue weighted by molar-refractivity contribution is -0.0855. The van der Waals surface area contributed by atoms with E-state index >= 15 is 0 Å². The maximum Gasteiger partial charge on any atom is 0.407 e. The first-order chi connectivity index (χ1) is 9.50. The van der Waals surface area contributed by atoms with E-state index in [1.165, 1.54) is 0 Å². The summed E-state index contributed by atoms with van der Waals surface area (Å²) in [6, 6.07) is 9.10. The van der Waals surface area contributed by atoms with Gasteiger partial charge in [-0.05, 0) is 18.6 Å². The number of amides is 1. The predicted octanol–water partition coefficient (Wildman–Crippen LogP) is 0.539. The van der Waals surface area contributed by atoms with Crippen LogP contribution in [0.15, 0.2) is 30.3 Å². The van der Waals surface area contributed by atoms with Crippen LogP contribution in [-0.2, 0) is 0 Å². The van der Waals surface area contributed by atoms with Crippen molar-refractivity contribution in [1.29, 1.82) is 0 Å². The van der Waals surface area contributed by atoms with Crippen molar-refractivity contribution in [2.75, 3.05) is 13.1 Å². The summed E-state index contributed by atoms with van der Waals surface area (Å²) in [5, 5.41) is 29.8. The third-order valence-corrected chi connectivity index (χ3v) is 4.27. The van der Waals surface area contributed by atoms with Gasteiger partial charge >= 0.3 is 6.09 Å². The highest BCUT2D eigenvalue weighted by atomic mass is 16.5. The van der Waals surface area contributed by atoms with E-state index in [9.17, 15) is 15.0 Å². The molecule has 1 saturated carbocycles. The Kier molecular flexibility index (Phi) is 3.07. The van der Waals surface area contributed by atoms with Gasteiger partial charge in [0.1, 0.15) is 23.6 Å². The van der Waals surface area contributed by atoms with E-state index in [4.69, 9.17) is 9.84 Å². The zero-order chi connectivity index (χ0) is 14.3. The van der Waals surface area contributed by atoms with Crippen molar-refractivity contribution in [1.82, 2.24) is 4.90 Å². The second-order valence-electron chi connectivity index (χ2n) is 5.50. The Labute approximate surface area is 116 Å². The molecular formula is C14H17NO5. The molecule has 1 saturated heterocycles. The summed E-state index contributed by atoms with van der Waals surface area (Å²) in [5.74, 6) is 0.345. The van der Waals surface area contributed by atoms with Gasteiger partial charge in [-0.1, -0.05) is 18.2 Å². The Morgan fingerprint density at radius 2 is 2.05 bits per heavy atom. The Morgan fingerprint density at radius 3 is 2.65 bits per heavy atom. The number of nitrogens with zero attached hydrogens (tertiary/aromatic N) is 1. The third-order valence-electron chi connectivity index (χ3n) is 4.27. The second-order valence-corrected chi connectivity index (χ2v) is 5.50. The highest BCUT2D eigenvalue weighted by molar-refractivity contribution is 5.65. The largest absolute Gasteiger partial charge is 0.488 e. The van der Waals surface area contributed by atoms with Crippen molar-refractivity contribution in [3.8, 4) is 5.75 Å². The van der Waals surface area contributed by atoms with Gasteiger partial charge in [0, 0.05) is 12.5 Å². The van der Waals surface area contributed by atoms with Crippen LogP contribution in [0.4, 0.5) is 4.79 Å². The zero-order valence-electron chi connectivity index (χ0n) is 10.8. The van der Waals surface area contributed by atoms with Crippen molar-refractivity contribution in [3.63, 3.8) is 0 Å². The summed E-state index contributed by atoms with van der Waals surface area (Å²) in [6.45, 7) is 0.167. The number of rotatable bonds is 2. The van der Waals surface area contributed by atoms with Gasteiger partial charge in [-0.15, -0.1) is 0 Å². The van der Waals surface area contributed by atoms with Crippen molar-refractivity contribution in [2.45, 2.75) is 24.2 Å². The van der Waals surface area contributed by atoms with E-state index in [0.717, 1.165) is 4.90 Å². The van der Waals surface area contributed by atoms with Gasteiger partial charge in [0.2, 0.25) is 0 Å². The number of hydrogen-bond acceptors (Lipinski definition) is 4. The first-order valence-corrected chi connectivity index (χ1v) is 6.61. The minimum absolute atomic E-state index is 0.0667. The summed E-state index contributed by atoms with van der Waals surface area (Å²) in [4.78, 5) is 12.1. The van der Waals surface area contributed by atoms with Crippen LogP contribution in [-0.4, -0.2) is 57.2 Å². The summed E-state index contributed by atoms with van der Waals surface area (Å²) in [6.07, 6.45) is -2.22. The van der Waals surface area contributed by atoms with Crippen LogP contribution < -0.4 is 4.74 Å². The molecule has 2 fully saturated rings. The van der Waals surface area contributed by atoms with Gasteiger partial charge in [-0.3, -0.25) is 0 Å². The number of benzene rings is 1. The van der Waals surface area contributed by atoms with Gasteiger partial charge in [0.05, 0.1) is 6.54 Å². The first kappa shape index (κ1) is 13.2. The lowest BCUT2D eigenvalue weighted by atomic mass is 9.93. The minimum Gasteiger partial charge on any atom is -0.488 e. The molecule has 0 radical (unpaired) electrons. The van der Waals surface area contributed by atoms with E-state index in [0.29, 0.717) is 12.2 Å². The molecule has 1 amide bonds. The second kappa shape index (κ2) is 4.64. The minimum atomic E-state index is -1.40. The number of carbonyl (C=O) groups is 1. The number of ether oxygens (including phenoxy) is 1. The molecule has 0 aromatic heterocycles. The predicted molar refractivity (Wildman–Crippen MR) is 69.5 cm³/mol. The van der Waals surface area contributed by atoms with Gasteiger partial charge in [-0.2, -0.15) is 0 Å². The van der Waals surface area contributed by atoms with Crippen LogP contribution >= 0.6 is 0 Å². The molecule has 6 nitrogen and oxygen atoms in total. The molecule has 1 aromatic carbocycles. The molecule has 6 heteroatoms. The third kappa shape index (κ3) is 2.01. The quantitative estimate of drug-likeness (QED) is 0.735. The van der Waals surface area contributed by atoms with E-state index in [2.05, 4.69) is 0 Å². The number of para-hydroxylation sites is 1. The Bertz CT molecular complexity index is 508. The van der Waals surface area contributed by atoms with E-state index in [1.54, 1.807) is 12.1 Å². The van der Waals surface area contributed by atoms with Crippen molar-refractivity contribution < 1.29 is 24.9 Å². The molecule has 3 rings (SSSR count). The summed E-state index contributed by atoms with van der Waals surface area (Å²) < 4.78 is 5.71. The standard InChI is InChI=1S/C14H17NO5/c16-12-11(20-10-4-2-1-3-5-10)6-9-7-15(13(17)18)8-14(9,12)19/h1-5,9,11-12,16,19H,6-8H2,(H,17,18)/t9-,11+,12+,14-/m1/s1. The van der Waals surface area contributed by atoms with E-state index < -0.39 is 23.9 Å². The van der Waals surface area contributed by atoms with Gasteiger partial charge in [0.15, 0.2) is 0 Å². The molecule has 1 aromatic rings. The van der Waals surface area contributed by atoms with E-state index in [1.807, 2.05) is 18.2 Å². The molecule has 2 aliphatic rings. The van der Waals surface area contributed by atoms with Crippen LogP contribution in [0.5, 0.6) is 5.75 Å². The maximum absolute atomic E-state index is 11.0. The molecule has 0 spiro atoms. The average molecular weight is 279 g/mol. The SMILES string of the molecule is O=C(O)N1C[C@H]2C[C@H](Oc3ccccc3)[C@H](O)[C@@]2(O)C1. The lowest BCUT2D eigenvalue weighted by Crippen LogP contribution is -2.49. The average Bonchev–Trinajstić information content (AvgIpc) is 2.86. The fourth-order valence-corrected chi connectivity index (χ4v) is 3.20. The molecule has 1 aliphatic heterocycles. The number of carboxylic acid groups (broad SMARTS) is 1. The lowest BCUT2D eigenvalue weighted by Gasteiger charge is -2.28. The molecule has 108 valence electrons. The fraction of sp³-hybridized carbons (Fsp3) is 0.500. The number of β-amino-alcohol motifs (C(OH)–C–C–N with tert-alkyl or cyclic N) is 1. The van der Waals surface area contributed by atoms with Crippen molar-refractivity contribution >= 4 is 6.09 Å². The highest BCUT2D eigenvalue weighted by Gasteiger charge is 2.60. The summed E-state index contributed by atoms with van der Waals surface area (Å²) in [7, 11) is 0. The van der Waals surface area contributed by atoms with Gasteiger partial charge in [-0.25, -0.2) is 4.79 Å². The number of hydrogen-bond donors (Lipinski definition) is 3. The van der Waals surface area contributed by atoms with Crippen molar-refractivity contribution in [3.05, 3.63) is 30.3 Å². The number of aliphatic hydroxyl groups is 2. The normalized spacial score (nSPS) is 35.9. The summed E-state index contributed by atoms with van der Waals surface area (Å²) >= 11 is 0. The molecule has 0 unspecified atom stereocenters. The van der Waals surface area contributed by atoms with Crippen molar-refractivity contribution in [2.24, 2.45) is 5.92 Å². The molecule has 20 heavy (non-hydrogen) atoms. The number of aliphatic hydroxyl groups excluding tert-OH is 1. The van der Waals surface area contributed by atoms with Crippen LogP contribution in [0.1, 0.15) is 6.42 Å². The highest BCUT2D eigenvalue weighted by Crippen LogP contribution is 2.43. The zero-order valence-corrected chi connectivity index (χ0v) is 10.8. The number of likely N-dealkylation sites (tertiary alicyclic amines) is 1. The first-order valence-electron chi connectivity index (χ1n) is 6.61. The number of fused-ring (bicyclic) bond motifs is 1. The van der Waals surface area contributed by atoms with Crippen LogP contribution in [0.25, 0.3) is 0 Å². The van der Waals surface area contributed by atoms with Crippen LogP contribution in [0.3, 0.4) is 0 Å². The molecular weight excluding hydrogens is 262 g/mol. The van der Waals surface area contributed by atoms with Crippen LogP contribution in [0, 0.1) is 5.92 Å². The molecule has 1 heterocycles.